The van der Waals surface area contributed by atoms with Crippen molar-refractivity contribution in [1.82, 2.24) is 0 Å². The third kappa shape index (κ3) is 4.25. The highest BCUT2D eigenvalue weighted by Crippen LogP contribution is 2.40. The molecule has 1 aromatic carbocycles. The van der Waals surface area contributed by atoms with Crippen molar-refractivity contribution in [2.24, 2.45) is 0 Å². The molecule has 0 amide bonds. The average molecular weight is 288 g/mol. The molecule has 0 atom stereocenters. The van der Waals surface area contributed by atoms with Crippen LogP contribution in [0.25, 0.3) is 0 Å². The van der Waals surface area contributed by atoms with Crippen LogP contribution in [0.15, 0.2) is 18.2 Å². The smallest absolute Gasteiger partial charge is 0.119 e. The molecule has 0 bridgehead atoms. The van der Waals surface area contributed by atoms with Gasteiger partial charge in [0, 0.05) is 0 Å². The van der Waals surface area contributed by atoms with Crippen molar-refractivity contribution in [2.45, 2.75) is 89.9 Å². The van der Waals surface area contributed by atoms with E-state index in [1.807, 2.05) is 6.07 Å². The fourth-order valence-electron chi connectivity index (χ4n) is 3.68. The Hall–Kier alpha value is -0.980. The predicted molar refractivity (Wildman–Crippen MR) is 91.1 cm³/mol. The van der Waals surface area contributed by atoms with Gasteiger partial charge >= 0.3 is 0 Å². The van der Waals surface area contributed by atoms with Gasteiger partial charge < -0.3 is 5.11 Å². The highest BCUT2D eigenvalue weighted by atomic mass is 16.3. The van der Waals surface area contributed by atoms with Crippen molar-refractivity contribution >= 4 is 0 Å². The van der Waals surface area contributed by atoms with E-state index in [1.54, 1.807) is 0 Å². The summed E-state index contributed by atoms with van der Waals surface area (Å²) in [5.41, 5.74) is 2.82. The van der Waals surface area contributed by atoms with Gasteiger partial charge in [-0.2, -0.15) is 0 Å². The van der Waals surface area contributed by atoms with Crippen molar-refractivity contribution in [1.29, 1.82) is 0 Å². The largest absolute Gasteiger partial charge is 0.508 e. The molecule has 1 nitrogen and oxygen atoms in total. The summed E-state index contributed by atoms with van der Waals surface area (Å²) >= 11 is 0. The zero-order chi connectivity index (χ0) is 15.3. The van der Waals surface area contributed by atoms with Crippen LogP contribution in [0, 0.1) is 0 Å². The van der Waals surface area contributed by atoms with Gasteiger partial charge in [-0.05, 0) is 47.8 Å². The van der Waals surface area contributed by atoms with Gasteiger partial charge in [-0.15, -0.1) is 0 Å². The van der Waals surface area contributed by atoms with E-state index in [0.29, 0.717) is 11.7 Å². The van der Waals surface area contributed by atoms with Crippen LogP contribution in [0.5, 0.6) is 5.75 Å². The number of rotatable bonds is 6. The molecule has 21 heavy (non-hydrogen) atoms. The molecular formula is C20H32O. The average Bonchev–Trinajstić information content (AvgIpc) is 2.48. The minimum Gasteiger partial charge on any atom is -0.508 e. The van der Waals surface area contributed by atoms with Gasteiger partial charge in [-0.3, -0.25) is 0 Å². The Morgan fingerprint density at radius 2 is 1.81 bits per heavy atom. The third-order valence-corrected chi connectivity index (χ3v) is 5.26. The summed E-state index contributed by atoms with van der Waals surface area (Å²) in [5.74, 6) is 1.08. The van der Waals surface area contributed by atoms with Crippen molar-refractivity contribution in [3.63, 3.8) is 0 Å². The first-order valence-electron chi connectivity index (χ1n) is 8.88. The minimum atomic E-state index is 0.215. The monoisotopic (exact) mass is 288 g/mol. The number of hydrogen-bond donors (Lipinski definition) is 1. The lowest BCUT2D eigenvalue weighted by Crippen LogP contribution is -2.18. The number of phenols is 1. The second kappa shape index (κ2) is 7.33. The summed E-state index contributed by atoms with van der Waals surface area (Å²) in [6.45, 7) is 6.95. The maximum atomic E-state index is 10.3. The van der Waals surface area contributed by atoms with Crippen LogP contribution < -0.4 is 0 Å². The Morgan fingerprint density at radius 3 is 2.48 bits per heavy atom. The molecule has 1 aromatic rings. The van der Waals surface area contributed by atoms with Crippen LogP contribution in [-0.4, -0.2) is 5.11 Å². The van der Waals surface area contributed by atoms with Crippen molar-refractivity contribution in [3.05, 3.63) is 29.3 Å². The maximum absolute atomic E-state index is 10.3. The molecule has 1 heteroatoms. The fourth-order valence-corrected chi connectivity index (χ4v) is 3.68. The van der Waals surface area contributed by atoms with Gasteiger partial charge in [-0.1, -0.05) is 71.4 Å². The first-order chi connectivity index (χ1) is 10.0. The standard InChI is InChI=1S/C20H32O/c1-4-5-9-14-20(2,3)17-12-13-19(21)18(15-17)16-10-7-6-8-11-16/h12-13,15-16,21H,4-11,14H2,1-3H3. The molecule has 0 spiro atoms. The van der Waals surface area contributed by atoms with Gasteiger partial charge in [-0.25, -0.2) is 0 Å². The van der Waals surface area contributed by atoms with Crippen LogP contribution in [0.4, 0.5) is 0 Å². The molecule has 0 aliphatic heterocycles. The molecule has 1 aliphatic carbocycles. The van der Waals surface area contributed by atoms with Gasteiger partial charge in [0.05, 0.1) is 0 Å². The van der Waals surface area contributed by atoms with Gasteiger partial charge in [0.25, 0.3) is 0 Å². The van der Waals surface area contributed by atoms with Crippen molar-refractivity contribution < 1.29 is 5.11 Å². The summed E-state index contributed by atoms with van der Waals surface area (Å²) in [5, 5.41) is 10.3. The minimum absolute atomic E-state index is 0.215. The van der Waals surface area contributed by atoms with Gasteiger partial charge in [0.1, 0.15) is 5.75 Å². The van der Waals surface area contributed by atoms with E-state index in [9.17, 15) is 5.11 Å². The van der Waals surface area contributed by atoms with Crippen LogP contribution in [-0.2, 0) is 5.41 Å². The Kier molecular flexibility index (Phi) is 5.72. The normalized spacial score (nSPS) is 17.1. The lowest BCUT2D eigenvalue weighted by molar-refractivity contribution is 0.409. The maximum Gasteiger partial charge on any atom is 0.119 e. The topological polar surface area (TPSA) is 20.2 Å². The van der Waals surface area contributed by atoms with Crippen LogP contribution in [0.2, 0.25) is 0 Å². The first-order valence-corrected chi connectivity index (χ1v) is 8.88. The Labute approximate surface area is 130 Å². The molecule has 1 saturated carbocycles. The molecule has 1 fully saturated rings. The summed E-state index contributed by atoms with van der Waals surface area (Å²) in [7, 11) is 0. The van der Waals surface area contributed by atoms with Crippen LogP contribution >= 0.6 is 0 Å². The second-order valence-corrected chi connectivity index (χ2v) is 7.45. The number of hydrogen-bond acceptors (Lipinski definition) is 1. The molecule has 1 aliphatic rings. The zero-order valence-corrected chi connectivity index (χ0v) is 14.1. The second-order valence-electron chi connectivity index (χ2n) is 7.45. The molecule has 2 rings (SSSR count). The lowest BCUT2D eigenvalue weighted by atomic mass is 9.77. The van der Waals surface area contributed by atoms with Crippen molar-refractivity contribution in [2.75, 3.05) is 0 Å². The number of benzene rings is 1. The first kappa shape index (κ1) is 16.4. The van der Waals surface area contributed by atoms with Crippen LogP contribution in [0.3, 0.4) is 0 Å². The number of unbranched alkanes of at least 4 members (excludes halogenated alkanes) is 2. The lowest BCUT2D eigenvalue weighted by Gasteiger charge is -2.28. The Morgan fingerprint density at radius 1 is 1.10 bits per heavy atom. The molecule has 118 valence electrons. The summed E-state index contributed by atoms with van der Waals surface area (Å²) in [6.07, 6.45) is 11.6. The molecule has 0 aromatic heterocycles. The molecule has 0 radical (unpaired) electrons. The van der Waals surface area contributed by atoms with Crippen LogP contribution in [0.1, 0.15) is 95.6 Å². The quantitative estimate of drug-likeness (QED) is 0.609. The summed E-state index contributed by atoms with van der Waals surface area (Å²) in [4.78, 5) is 0. The molecule has 0 saturated heterocycles. The number of aromatic hydroxyl groups is 1. The molecule has 1 N–H and O–H groups in total. The van der Waals surface area contributed by atoms with E-state index in [2.05, 4.69) is 32.9 Å². The van der Waals surface area contributed by atoms with E-state index in [1.165, 1.54) is 68.9 Å². The SMILES string of the molecule is CCCCCC(C)(C)c1ccc(O)c(C2CCCCC2)c1. The van der Waals surface area contributed by atoms with E-state index >= 15 is 0 Å². The zero-order valence-electron chi connectivity index (χ0n) is 14.1. The van der Waals surface area contributed by atoms with E-state index in [-0.39, 0.29) is 5.41 Å². The summed E-state index contributed by atoms with van der Waals surface area (Å²) in [6, 6.07) is 6.37. The van der Waals surface area contributed by atoms with E-state index in [0.717, 1.165) is 0 Å². The number of phenolic OH excluding ortho intramolecular Hbond substituents is 1. The Balaban J connectivity index is 2.16. The van der Waals surface area contributed by atoms with E-state index < -0.39 is 0 Å². The fraction of sp³-hybridized carbons (Fsp3) is 0.700. The Bertz CT molecular complexity index is 441. The third-order valence-electron chi connectivity index (χ3n) is 5.26. The van der Waals surface area contributed by atoms with Crippen molar-refractivity contribution in [3.8, 4) is 5.75 Å². The molecule has 0 heterocycles. The van der Waals surface area contributed by atoms with E-state index in [4.69, 9.17) is 0 Å². The molecule has 0 unspecified atom stereocenters. The predicted octanol–water partition coefficient (Wildman–Crippen LogP) is 6.30. The van der Waals surface area contributed by atoms with Gasteiger partial charge in [0.15, 0.2) is 0 Å². The van der Waals surface area contributed by atoms with Gasteiger partial charge in [0.2, 0.25) is 0 Å². The molecular weight excluding hydrogens is 256 g/mol. The highest BCUT2D eigenvalue weighted by molar-refractivity contribution is 5.41. The highest BCUT2D eigenvalue weighted by Gasteiger charge is 2.24. The summed E-state index contributed by atoms with van der Waals surface area (Å²) < 4.78 is 0.